The van der Waals surface area contributed by atoms with Crippen molar-refractivity contribution in [1.82, 2.24) is 9.88 Å². The highest BCUT2D eigenvalue weighted by Crippen LogP contribution is 2.33. The number of para-hydroxylation sites is 1. The summed E-state index contributed by atoms with van der Waals surface area (Å²) in [6, 6.07) is 5.45. The van der Waals surface area contributed by atoms with Gasteiger partial charge in [0.2, 0.25) is 5.91 Å². The van der Waals surface area contributed by atoms with E-state index in [0.29, 0.717) is 16.5 Å². The van der Waals surface area contributed by atoms with E-state index in [1.54, 1.807) is 24.3 Å². The van der Waals surface area contributed by atoms with Crippen LogP contribution < -0.4 is 5.32 Å². The Balaban J connectivity index is 1.86. The number of amides is 1. The molecule has 12 nitrogen and oxygen atoms in total. The lowest BCUT2D eigenvalue weighted by atomic mass is 9.98. The van der Waals surface area contributed by atoms with Crippen molar-refractivity contribution < 1.29 is 49.8 Å². The number of fused-ring (bicyclic) bond motifs is 1. The van der Waals surface area contributed by atoms with Crippen molar-refractivity contribution in [3.8, 4) is 0 Å². The number of aliphatic hydroxyl groups is 4. The van der Waals surface area contributed by atoms with Crippen LogP contribution in [0, 0.1) is 0 Å². The Morgan fingerprint density at radius 1 is 1.06 bits per heavy atom. The summed E-state index contributed by atoms with van der Waals surface area (Å²) >= 11 is 0. The van der Waals surface area contributed by atoms with Crippen molar-refractivity contribution in [1.29, 1.82) is 0 Å². The molecule has 0 aliphatic carbocycles. The Hall–Kier alpha value is -3.03. The molecule has 0 saturated carbocycles. The summed E-state index contributed by atoms with van der Waals surface area (Å²) in [5.41, 5.74) is 0.993. The van der Waals surface area contributed by atoms with Crippen LogP contribution in [0.5, 0.6) is 0 Å². The smallest absolute Gasteiger partial charge is 0.326 e. The largest absolute Gasteiger partial charge is 0.481 e. The topological polar surface area (TPSA) is 199 Å². The number of ether oxygens (including phenoxy) is 1. The fraction of sp³-hybridized carbons (Fsp3) is 0.476. The first-order valence-corrected chi connectivity index (χ1v) is 10.3. The Morgan fingerprint density at radius 3 is 2.39 bits per heavy atom. The molecular formula is C21H26N2O10. The molecule has 6 atom stereocenters. The molecule has 1 amide bonds. The predicted molar refractivity (Wildman–Crippen MR) is 111 cm³/mol. The number of aromatic nitrogens is 1. The molecule has 1 saturated heterocycles. The summed E-state index contributed by atoms with van der Waals surface area (Å²) in [4.78, 5) is 34.6. The number of hydrogen-bond acceptors (Lipinski definition) is 8. The van der Waals surface area contributed by atoms with Gasteiger partial charge in [-0.3, -0.25) is 9.59 Å². The number of aliphatic carboxylic acids is 2. The minimum Gasteiger partial charge on any atom is -0.481 e. The summed E-state index contributed by atoms with van der Waals surface area (Å²) in [5, 5.41) is 61.0. The number of nitrogens with one attached hydrogen (secondary N) is 1. The van der Waals surface area contributed by atoms with Crippen LogP contribution in [-0.2, 0) is 25.5 Å². The third kappa shape index (κ3) is 5.31. The van der Waals surface area contributed by atoms with Crippen LogP contribution in [0.2, 0.25) is 0 Å². The molecule has 1 aromatic heterocycles. The number of carboxylic acids is 2. The average Bonchev–Trinajstić information content (AvgIpc) is 3.13. The van der Waals surface area contributed by atoms with Crippen LogP contribution in [0.4, 0.5) is 0 Å². The lowest BCUT2D eigenvalue weighted by Crippen LogP contribution is -2.56. The highest BCUT2D eigenvalue weighted by atomic mass is 16.6. The third-order valence-corrected chi connectivity index (χ3v) is 5.60. The van der Waals surface area contributed by atoms with Crippen molar-refractivity contribution in [2.45, 2.75) is 55.9 Å². The van der Waals surface area contributed by atoms with Gasteiger partial charge in [0, 0.05) is 18.0 Å². The molecule has 3 rings (SSSR count). The van der Waals surface area contributed by atoms with E-state index in [1.807, 2.05) is 0 Å². The first-order valence-electron chi connectivity index (χ1n) is 10.3. The Labute approximate surface area is 187 Å². The SMILES string of the molecule is O=C(O)CC[C@@H](NC(=O)Cc1cn([C@@H]2O[C@H](CO)[C@@H](O)[C@H](O)[C@H]2O)c2ccccc12)C(=O)O. The van der Waals surface area contributed by atoms with Crippen molar-refractivity contribution in [3.05, 3.63) is 36.0 Å². The molecule has 2 aromatic rings. The van der Waals surface area contributed by atoms with Gasteiger partial charge in [0.15, 0.2) is 6.23 Å². The van der Waals surface area contributed by atoms with E-state index in [4.69, 9.17) is 9.84 Å². The maximum Gasteiger partial charge on any atom is 0.326 e. The van der Waals surface area contributed by atoms with E-state index in [2.05, 4.69) is 5.32 Å². The van der Waals surface area contributed by atoms with Gasteiger partial charge in [-0.25, -0.2) is 4.79 Å². The van der Waals surface area contributed by atoms with E-state index in [-0.39, 0.29) is 12.8 Å². The summed E-state index contributed by atoms with van der Waals surface area (Å²) < 4.78 is 7.08. The van der Waals surface area contributed by atoms with Gasteiger partial charge in [0.25, 0.3) is 0 Å². The normalized spacial score (nSPS) is 26.1. The maximum atomic E-state index is 12.5. The highest BCUT2D eigenvalue weighted by molar-refractivity contribution is 5.91. The lowest BCUT2D eigenvalue weighted by molar-refractivity contribution is -0.250. The van der Waals surface area contributed by atoms with Crippen LogP contribution in [-0.4, -0.2) is 90.1 Å². The zero-order valence-corrected chi connectivity index (χ0v) is 17.4. The molecule has 0 bridgehead atoms. The van der Waals surface area contributed by atoms with Crippen LogP contribution in [0.15, 0.2) is 30.5 Å². The summed E-state index contributed by atoms with van der Waals surface area (Å²) in [6.45, 7) is -0.594. The van der Waals surface area contributed by atoms with Gasteiger partial charge in [-0.15, -0.1) is 0 Å². The number of nitrogens with zero attached hydrogens (tertiary/aromatic N) is 1. The Bertz CT molecular complexity index is 1020. The maximum absolute atomic E-state index is 12.5. The quantitative estimate of drug-likeness (QED) is 0.230. The predicted octanol–water partition coefficient (Wildman–Crippen LogP) is -1.41. The van der Waals surface area contributed by atoms with Gasteiger partial charge in [-0.1, -0.05) is 18.2 Å². The second-order valence-electron chi connectivity index (χ2n) is 7.87. The van der Waals surface area contributed by atoms with Crippen LogP contribution in [0.25, 0.3) is 10.9 Å². The standard InChI is InChI=1S/C21H26N2O10/c24-9-14-17(28)18(29)19(30)20(33-14)23-8-10(11-3-1-2-4-13(11)23)7-15(25)22-12(21(31)32)5-6-16(26)27/h1-4,8,12,14,17-20,24,28-30H,5-7,9H2,(H,22,25)(H,26,27)(H,31,32)/t12-,14-,17-,18+,19-,20-/m1/s1. The molecule has 1 fully saturated rings. The monoisotopic (exact) mass is 466 g/mol. The van der Waals surface area contributed by atoms with E-state index in [1.165, 1.54) is 10.8 Å². The third-order valence-electron chi connectivity index (χ3n) is 5.60. The highest BCUT2D eigenvalue weighted by Gasteiger charge is 2.44. The first kappa shape index (κ1) is 24.6. The fourth-order valence-electron chi connectivity index (χ4n) is 3.88. The number of benzene rings is 1. The van der Waals surface area contributed by atoms with E-state index in [0.717, 1.165) is 0 Å². The molecule has 2 heterocycles. The van der Waals surface area contributed by atoms with Crippen molar-refractivity contribution >= 4 is 28.7 Å². The summed E-state index contributed by atoms with van der Waals surface area (Å²) in [7, 11) is 0. The molecule has 33 heavy (non-hydrogen) atoms. The van der Waals surface area contributed by atoms with Crippen molar-refractivity contribution in [3.63, 3.8) is 0 Å². The molecule has 1 aliphatic rings. The number of rotatable bonds is 9. The lowest BCUT2D eigenvalue weighted by Gasteiger charge is -2.40. The van der Waals surface area contributed by atoms with E-state index in [9.17, 15) is 39.9 Å². The molecular weight excluding hydrogens is 440 g/mol. The Kier molecular flexibility index (Phi) is 7.66. The zero-order valence-electron chi connectivity index (χ0n) is 17.4. The number of carboxylic acid groups (broad SMARTS) is 2. The van der Waals surface area contributed by atoms with Gasteiger partial charge in [-0.05, 0) is 18.1 Å². The molecule has 0 spiro atoms. The fourth-order valence-corrected chi connectivity index (χ4v) is 3.88. The van der Waals surface area contributed by atoms with Gasteiger partial charge in [0.1, 0.15) is 30.5 Å². The zero-order chi connectivity index (χ0) is 24.3. The van der Waals surface area contributed by atoms with Crippen LogP contribution in [0.3, 0.4) is 0 Å². The molecule has 7 N–H and O–H groups in total. The van der Waals surface area contributed by atoms with Gasteiger partial charge in [-0.2, -0.15) is 0 Å². The van der Waals surface area contributed by atoms with Crippen LogP contribution in [0.1, 0.15) is 24.6 Å². The molecule has 0 unspecified atom stereocenters. The first-order chi connectivity index (χ1) is 15.6. The minimum atomic E-state index is -1.58. The Morgan fingerprint density at radius 2 is 1.76 bits per heavy atom. The number of aliphatic hydroxyl groups excluding tert-OH is 4. The molecule has 1 aromatic carbocycles. The minimum absolute atomic E-state index is 0.248. The number of carbonyl (C=O) groups is 3. The molecule has 12 heteroatoms. The average molecular weight is 466 g/mol. The van der Waals surface area contributed by atoms with Crippen molar-refractivity contribution in [2.24, 2.45) is 0 Å². The molecule has 180 valence electrons. The second kappa shape index (κ2) is 10.3. The van der Waals surface area contributed by atoms with Gasteiger partial charge in [0.05, 0.1) is 18.5 Å². The molecule has 1 aliphatic heterocycles. The molecule has 0 radical (unpaired) electrons. The summed E-state index contributed by atoms with van der Waals surface area (Å²) in [5.74, 6) is -3.18. The second-order valence-corrected chi connectivity index (χ2v) is 7.87. The van der Waals surface area contributed by atoms with Crippen molar-refractivity contribution in [2.75, 3.05) is 6.61 Å². The number of hydrogen-bond donors (Lipinski definition) is 7. The van der Waals surface area contributed by atoms with Crippen LogP contribution >= 0.6 is 0 Å². The van der Waals surface area contributed by atoms with Gasteiger partial charge >= 0.3 is 11.9 Å². The van der Waals surface area contributed by atoms with Gasteiger partial charge < -0.3 is 45.3 Å². The summed E-state index contributed by atoms with van der Waals surface area (Å²) in [6.07, 6.45) is -6.38. The van der Waals surface area contributed by atoms with E-state index < -0.39 is 67.6 Å². The van der Waals surface area contributed by atoms with E-state index >= 15 is 0 Å². The number of carbonyl (C=O) groups excluding carboxylic acids is 1.